The quantitative estimate of drug-likeness (QED) is 0.341. The van der Waals surface area contributed by atoms with Crippen molar-refractivity contribution in [2.24, 2.45) is 16.8 Å². The van der Waals surface area contributed by atoms with E-state index in [9.17, 15) is 0 Å². The summed E-state index contributed by atoms with van der Waals surface area (Å²) in [5, 5.41) is 11.8. The zero-order valence-electron chi connectivity index (χ0n) is 13.2. The minimum Gasteiger partial charge on any atom is -0.409 e. The molecule has 1 rings (SSSR count). The predicted molar refractivity (Wildman–Crippen MR) is 92.3 cm³/mol. The van der Waals surface area contributed by atoms with E-state index in [1.165, 1.54) is 0 Å². The van der Waals surface area contributed by atoms with Crippen molar-refractivity contribution in [3.63, 3.8) is 0 Å². The van der Waals surface area contributed by atoms with Crippen LogP contribution in [0, 0.1) is 5.92 Å². The van der Waals surface area contributed by atoms with E-state index in [2.05, 4.69) is 58.8 Å². The molecule has 3 N–H and O–H groups in total. The largest absolute Gasteiger partial charge is 0.409 e. The second-order valence-electron chi connectivity index (χ2n) is 5.79. The number of likely N-dealkylation sites (N-methyl/N-ethyl adjacent to an activating group) is 1. The first-order chi connectivity index (χ1) is 9.85. The van der Waals surface area contributed by atoms with Crippen LogP contribution in [-0.4, -0.2) is 49.7 Å². The molecule has 6 heteroatoms. The summed E-state index contributed by atoms with van der Waals surface area (Å²) in [6.45, 7) is 7.36. The van der Waals surface area contributed by atoms with E-state index in [1.54, 1.807) is 0 Å². The van der Waals surface area contributed by atoms with Gasteiger partial charge in [0, 0.05) is 35.4 Å². The molecule has 0 aromatic heterocycles. The highest BCUT2D eigenvalue weighted by molar-refractivity contribution is 9.10. The van der Waals surface area contributed by atoms with Gasteiger partial charge in [-0.25, -0.2) is 0 Å². The molecule has 0 unspecified atom stereocenters. The van der Waals surface area contributed by atoms with E-state index in [0.717, 1.165) is 29.8 Å². The Morgan fingerprint density at radius 3 is 2.48 bits per heavy atom. The Morgan fingerprint density at radius 2 is 2.00 bits per heavy atom. The minimum atomic E-state index is 0.108. The average molecular weight is 357 g/mol. The van der Waals surface area contributed by atoms with Crippen LogP contribution in [0.2, 0.25) is 0 Å². The molecule has 0 saturated carbocycles. The number of anilines is 1. The molecule has 0 amide bonds. The minimum absolute atomic E-state index is 0.108. The molecule has 5 nitrogen and oxygen atoms in total. The Balaban J connectivity index is 2.99. The van der Waals surface area contributed by atoms with Crippen molar-refractivity contribution in [2.45, 2.75) is 13.8 Å². The van der Waals surface area contributed by atoms with Gasteiger partial charge < -0.3 is 20.7 Å². The highest BCUT2D eigenvalue weighted by atomic mass is 79.9. The van der Waals surface area contributed by atoms with Gasteiger partial charge in [0.15, 0.2) is 5.84 Å². The summed E-state index contributed by atoms with van der Waals surface area (Å²) < 4.78 is 0.828. The van der Waals surface area contributed by atoms with E-state index < -0.39 is 0 Å². The topological polar surface area (TPSA) is 65.1 Å². The number of hydrogen-bond acceptors (Lipinski definition) is 4. The predicted octanol–water partition coefficient (Wildman–Crippen LogP) is 2.57. The molecule has 21 heavy (non-hydrogen) atoms. The van der Waals surface area contributed by atoms with Gasteiger partial charge in [-0.15, -0.1) is 0 Å². The van der Waals surface area contributed by atoms with Gasteiger partial charge in [-0.05, 0) is 54.1 Å². The smallest absolute Gasteiger partial charge is 0.171 e. The first-order valence-electron chi connectivity index (χ1n) is 7.02. The number of rotatable bonds is 7. The summed E-state index contributed by atoms with van der Waals surface area (Å²) in [6, 6.07) is 5.90. The van der Waals surface area contributed by atoms with Gasteiger partial charge in [-0.2, -0.15) is 0 Å². The Morgan fingerprint density at radius 1 is 1.33 bits per heavy atom. The van der Waals surface area contributed by atoms with Crippen molar-refractivity contribution in [2.75, 3.05) is 38.6 Å². The standard InChI is InChI=1S/C15H25BrN4O/c1-11(2)10-20(8-7-19(3)4)12-5-6-13(14(16)9-12)15(17)18-21/h5-6,9,11,21H,7-8,10H2,1-4H3,(H2,17,18). The van der Waals surface area contributed by atoms with Crippen LogP contribution in [0.5, 0.6) is 0 Å². The Kier molecular flexibility index (Phi) is 6.98. The van der Waals surface area contributed by atoms with Crippen LogP contribution < -0.4 is 10.6 Å². The average Bonchev–Trinajstić information content (AvgIpc) is 2.42. The van der Waals surface area contributed by atoms with Gasteiger partial charge in [0.2, 0.25) is 0 Å². The molecule has 0 fully saturated rings. The number of benzene rings is 1. The summed E-state index contributed by atoms with van der Waals surface area (Å²) in [4.78, 5) is 4.53. The number of hydrogen-bond donors (Lipinski definition) is 2. The van der Waals surface area contributed by atoms with Gasteiger partial charge in [0.1, 0.15) is 0 Å². The molecule has 0 atom stereocenters. The van der Waals surface area contributed by atoms with E-state index in [0.29, 0.717) is 11.5 Å². The van der Waals surface area contributed by atoms with Crippen molar-refractivity contribution in [1.29, 1.82) is 0 Å². The molecule has 0 radical (unpaired) electrons. The SMILES string of the molecule is CC(C)CN(CCN(C)C)c1ccc(/C(N)=N/O)c(Br)c1. The molecular weight excluding hydrogens is 332 g/mol. The second-order valence-corrected chi connectivity index (χ2v) is 6.65. The molecule has 0 aliphatic heterocycles. The highest BCUT2D eigenvalue weighted by Gasteiger charge is 2.12. The van der Waals surface area contributed by atoms with E-state index >= 15 is 0 Å². The van der Waals surface area contributed by atoms with E-state index in [1.807, 2.05) is 18.2 Å². The molecule has 0 spiro atoms. The fourth-order valence-electron chi connectivity index (χ4n) is 2.05. The number of amidine groups is 1. The number of oxime groups is 1. The normalized spacial score (nSPS) is 12.2. The van der Waals surface area contributed by atoms with E-state index in [4.69, 9.17) is 10.9 Å². The third-order valence-corrected chi connectivity index (χ3v) is 3.76. The molecule has 0 aliphatic carbocycles. The van der Waals surface area contributed by atoms with Gasteiger partial charge in [0.25, 0.3) is 0 Å². The molecule has 1 aromatic carbocycles. The molecule has 0 bridgehead atoms. The van der Waals surface area contributed by atoms with Crippen LogP contribution in [0.3, 0.4) is 0 Å². The van der Waals surface area contributed by atoms with Gasteiger partial charge in [-0.1, -0.05) is 19.0 Å². The van der Waals surface area contributed by atoms with Crippen molar-refractivity contribution in [3.8, 4) is 0 Å². The molecule has 0 heterocycles. The lowest BCUT2D eigenvalue weighted by molar-refractivity contribution is 0.318. The van der Waals surface area contributed by atoms with Crippen molar-refractivity contribution >= 4 is 27.5 Å². The van der Waals surface area contributed by atoms with Crippen LogP contribution in [0.25, 0.3) is 0 Å². The van der Waals surface area contributed by atoms with Gasteiger partial charge in [0.05, 0.1) is 0 Å². The number of nitrogens with zero attached hydrogens (tertiary/aromatic N) is 3. The summed E-state index contributed by atoms with van der Waals surface area (Å²) in [6.07, 6.45) is 0. The fraction of sp³-hybridized carbons (Fsp3) is 0.533. The molecule has 0 aliphatic rings. The highest BCUT2D eigenvalue weighted by Crippen LogP contribution is 2.25. The maximum absolute atomic E-state index is 8.78. The first kappa shape index (κ1) is 17.8. The monoisotopic (exact) mass is 356 g/mol. The van der Waals surface area contributed by atoms with Crippen LogP contribution >= 0.6 is 15.9 Å². The van der Waals surface area contributed by atoms with Crippen molar-refractivity contribution in [3.05, 3.63) is 28.2 Å². The fourth-order valence-corrected chi connectivity index (χ4v) is 2.62. The second kappa shape index (κ2) is 8.24. The molecule has 118 valence electrons. The van der Waals surface area contributed by atoms with Crippen LogP contribution in [0.15, 0.2) is 27.8 Å². The van der Waals surface area contributed by atoms with Gasteiger partial charge in [-0.3, -0.25) is 0 Å². The van der Waals surface area contributed by atoms with E-state index in [-0.39, 0.29) is 5.84 Å². The third kappa shape index (κ3) is 5.55. The van der Waals surface area contributed by atoms with Crippen LogP contribution in [0.1, 0.15) is 19.4 Å². The van der Waals surface area contributed by atoms with Crippen LogP contribution in [0.4, 0.5) is 5.69 Å². The molecule has 0 saturated heterocycles. The lowest BCUT2D eigenvalue weighted by atomic mass is 10.1. The zero-order valence-corrected chi connectivity index (χ0v) is 14.8. The summed E-state index contributed by atoms with van der Waals surface area (Å²) in [5.74, 6) is 0.687. The lowest BCUT2D eigenvalue weighted by Gasteiger charge is -2.28. The van der Waals surface area contributed by atoms with Crippen molar-refractivity contribution < 1.29 is 5.21 Å². The lowest BCUT2D eigenvalue weighted by Crippen LogP contribution is -2.34. The number of nitrogens with two attached hydrogens (primary N) is 1. The summed E-state index contributed by atoms with van der Waals surface area (Å²) >= 11 is 3.49. The van der Waals surface area contributed by atoms with Crippen LogP contribution in [-0.2, 0) is 0 Å². The Labute approximate surface area is 135 Å². The summed E-state index contributed by atoms with van der Waals surface area (Å²) in [5.41, 5.74) is 7.47. The maximum Gasteiger partial charge on any atom is 0.171 e. The Hall–Kier alpha value is -1.27. The third-order valence-electron chi connectivity index (χ3n) is 3.10. The molecular formula is C15H25BrN4O. The molecule has 1 aromatic rings. The Bertz CT molecular complexity index is 489. The maximum atomic E-state index is 8.78. The zero-order chi connectivity index (χ0) is 16.0. The summed E-state index contributed by atoms with van der Waals surface area (Å²) in [7, 11) is 4.15. The first-order valence-corrected chi connectivity index (χ1v) is 7.81. The van der Waals surface area contributed by atoms with Gasteiger partial charge >= 0.3 is 0 Å². The van der Waals surface area contributed by atoms with Crippen molar-refractivity contribution in [1.82, 2.24) is 4.90 Å². The number of halogens is 1.